The minimum atomic E-state index is 0.936. The number of pyridine rings is 2. The molecule has 0 fully saturated rings. The smallest absolute Gasteiger partial charge is 0.0794 e. The molecule has 0 bridgehead atoms. The predicted octanol–water partition coefficient (Wildman–Crippen LogP) is 12.9. The molecule has 0 amide bonds. The lowest BCUT2D eigenvalue weighted by molar-refractivity contribution is 1.00. The number of benzene rings is 7. The number of hydrogen-bond donors (Lipinski definition) is 1. The molecule has 3 heteroatoms. The van der Waals surface area contributed by atoms with Crippen LogP contribution < -0.4 is 0 Å². The van der Waals surface area contributed by atoms with Gasteiger partial charge >= 0.3 is 0 Å². The molecule has 9 aromatic rings. The van der Waals surface area contributed by atoms with Crippen LogP contribution in [0.2, 0.25) is 0 Å². The lowest BCUT2D eigenvalue weighted by Crippen LogP contribution is -2.01. The van der Waals surface area contributed by atoms with Gasteiger partial charge in [0, 0.05) is 34.1 Å². The van der Waals surface area contributed by atoms with E-state index in [1.807, 2.05) is 18.3 Å². The van der Waals surface area contributed by atoms with Crippen LogP contribution in [-0.4, -0.2) is 16.2 Å². The Hall–Kier alpha value is -6.71. The highest BCUT2D eigenvalue weighted by Crippen LogP contribution is 2.45. The molecule has 0 aliphatic heterocycles. The molecule has 1 aliphatic rings. The number of fused-ring (bicyclic) bond motifs is 10. The van der Waals surface area contributed by atoms with Gasteiger partial charge in [0.15, 0.2) is 0 Å². The number of nitrogens with one attached hydrogen (secondary N) is 1. The summed E-state index contributed by atoms with van der Waals surface area (Å²) >= 11 is 0. The van der Waals surface area contributed by atoms with E-state index < -0.39 is 0 Å². The molecule has 3 nitrogen and oxygen atoms in total. The first-order chi connectivity index (χ1) is 25.8. The molecule has 0 unspecified atom stereocenters. The maximum atomic E-state index is 7.53. The van der Waals surface area contributed by atoms with Crippen molar-refractivity contribution in [3.8, 4) is 33.5 Å². The molecule has 0 saturated carbocycles. The molecule has 2 heterocycles. The highest BCUT2D eigenvalue weighted by molar-refractivity contribution is 6.24. The third-order valence-corrected chi connectivity index (χ3v) is 10.6. The Kier molecular flexibility index (Phi) is 7.10. The summed E-state index contributed by atoms with van der Waals surface area (Å²) in [5.74, 6) is 0. The molecule has 1 aliphatic carbocycles. The van der Waals surface area contributed by atoms with Crippen molar-refractivity contribution in [2.45, 2.75) is 12.8 Å². The van der Waals surface area contributed by atoms with Gasteiger partial charge in [0.05, 0.1) is 16.7 Å². The number of para-hydroxylation sites is 1. The second-order valence-corrected chi connectivity index (χ2v) is 13.6. The summed E-state index contributed by atoms with van der Waals surface area (Å²) in [6, 6.07) is 48.1. The van der Waals surface area contributed by atoms with Crippen molar-refractivity contribution in [3.05, 3.63) is 168 Å². The quantitative estimate of drug-likeness (QED) is 0.147. The largest absolute Gasteiger partial charge is 0.309 e. The van der Waals surface area contributed by atoms with E-state index in [4.69, 9.17) is 15.4 Å². The van der Waals surface area contributed by atoms with E-state index >= 15 is 0 Å². The molecule has 7 aromatic carbocycles. The Morgan fingerprint density at radius 2 is 1.29 bits per heavy atom. The van der Waals surface area contributed by atoms with Crippen LogP contribution in [0.4, 0.5) is 0 Å². The first-order valence-electron chi connectivity index (χ1n) is 17.9. The Morgan fingerprint density at radius 1 is 0.558 bits per heavy atom. The maximum Gasteiger partial charge on any atom is 0.0794 e. The molecule has 2 aromatic heterocycles. The van der Waals surface area contributed by atoms with Gasteiger partial charge in [0.25, 0.3) is 0 Å². The molecular weight excluding hydrogens is 631 g/mol. The highest BCUT2D eigenvalue weighted by atomic mass is 14.7. The molecule has 0 atom stereocenters. The zero-order valence-corrected chi connectivity index (χ0v) is 28.5. The van der Waals surface area contributed by atoms with Crippen molar-refractivity contribution < 1.29 is 0 Å². The number of aromatic nitrogens is 2. The molecule has 244 valence electrons. The number of nitrogens with zero attached hydrogens (tertiary/aromatic N) is 2. The highest BCUT2D eigenvalue weighted by Gasteiger charge is 2.21. The molecule has 0 radical (unpaired) electrons. The van der Waals surface area contributed by atoms with E-state index in [0.717, 1.165) is 62.8 Å². The van der Waals surface area contributed by atoms with Gasteiger partial charge in [-0.2, -0.15) is 0 Å². The van der Waals surface area contributed by atoms with Crippen molar-refractivity contribution in [1.29, 1.82) is 5.41 Å². The van der Waals surface area contributed by atoms with Gasteiger partial charge in [0.2, 0.25) is 0 Å². The molecule has 10 rings (SSSR count). The summed E-state index contributed by atoms with van der Waals surface area (Å²) in [6.45, 7) is 0. The standard InChI is InChI=1S/C49H33N3/c50-26-10-12-31-28-44(40-22-11-27-51-46(40)29-31)39-25-24-34(35-15-1-2-16-36(35)39)32-13-9-14-33(30-32)49-48-42-20-6-4-18-38(42)37-17-3-5-19-41(37)47(48)43-21-7-8-23-45(43)52-49/h1-4,6-18,20-30,50H,5,19H2/b12-10-,50-26?. The fourth-order valence-corrected chi connectivity index (χ4v) is 8.41. The number of aryl methyl sites for hydroxylation is 1. The monoisotopic (exact) mass is 663 g/mol. The van der Waals surface area contributed by atoms with Crippen molar-refractivity contribution in [3.63, 3.8) is 0 Å². The zero-order valence-electron chi connectivity index (χ0n) is 28.5. The van der Waals surface area contributed by atoms with E-state index in [1.54, 1.807) is 6.08 Å². The number of hydrogen-bond acceptors (Lipinski definition) is 3. The van der Waals surface area contributed by atoms with Crippen LogP contribution in [0.5, 0.6) is 0 Å². The second kappa shape index (κ2) is 12.3. The summed E-state index contributed by atoms with van der Waals surface area (Å²) in [6.07, 6.45) is 13.6. The van der Waals surface area contributed by atoms with Crippen molar-refractivity contribution in [1.82, 2.24) is 9.97 Å². The Balaban J connectivity index is 1.21. The normalized spacial score (nSPS) is 12.8. The zero-order chi connectivity index (χ0) is 34.6. The molecule has 0 spiro atoms. The van der Waals surface area contributed by atoms with Gasteiger partial charge in [-0.15, -0.1) is 0 Å². The van der Waals surface area contributed by atoms with E-state index in [9.17, 15) is 0 Å². The summed E-state index contributed by atoms with van der Waals surface area (Å²) in [4.78, 5) is 10.1. The topological polar surface area (TPSA) is 49.6 Å². The average molecular weight is 664 g/mol. The predicted molar refractivity (Wildman–Crippen MR) is 221 cm³/mol. The first-order valence-corrected chi connectivity index (χ1v) is 17.9. The molecule has 1 N–H and O–H groups in total. The van der Waals surface area contributed by atoms with E-state index in [0.29, 0.717) is 0 Å². The molecular formula is C49H33N3. The van der Waals surface area contributed by atoms with Crippen LogP contribution in [0.3, 0.4) is 0 Å². The van der Waals surface area contributed by atoms with Crippen molar-refractivity contribution in [2.24, 2.45) is 0 Å². The van der Waals surface area contributed by atoms with Crippen LogP contribution in [0, 0.1) is 5.41 Å². The van der Waals surface area contributed by atoms with Gasteiger partial charge in [0.1, 0.15) is 0 Å². The SMILES string of the molecule is N=C/C=C\c1cc(-c2ccc(-c3cccc(-c4nc5ccccc5c5c6c(c7ccccc7c45)C=CCC6)c3)c3ccccc23)c2cccnc2c1. The maximum absolute atomic E-state index is 7.53. The Labute approximate surface area is 301 Å². The van der Waals surface area contributed by atoms with Gasteiger partial charge in [-0.1, -0.05) is 121 Å². The van der Waals surface area contributed by atoms with Crippen LogP contribution >= 0.6 is 0 Å². The first kappa shape index (κ1) is 30.1. The summed E-state index contributed by atoms with van der Waals surface area (Å²) in [5, 5.41) is 17.3. The molecule has 0 saturated heterocycles. The van der Waals surface area contributed by atoms with Crippen LogP contribution in [0.15, 0.2) is 152 Å². The molecule has 52 heavy (non-hydrogen) atoms. The van der Waals surface area contributed by atoms with Crippen molar-refractivity contribution >= 4 is 72.5 Å². The fraction of sp³-hybridized carbons (Fsp3) is 0.0408. The lowest BCUT2D eigenvalue weighted by atomic mass is 9.84. The third kappa shape index (κ3) is 4.78. The minimum Gasteiger partial charge on any atom is -0.309 e. The number of rotatable bonds is 5. The second-order valence-electron chi connectivity index (χ2n) is 13.6. The third-order valence-electron chi connectivity index (χ3n) is 10.6. The van der Waals surface area contributed by atoms with Gasteiger partial charge in [-0.05, 0) is 115 Å². The van der Waals surface area contributed by atoms with Crippen LogP contribution in [0.25, 0.3) is 99.8 Å². The van der Waals surface area contributed by atoms with Crippen LogP contribution in [-0.2, 0) is 6.42 Å². The van der Waals surface area contributed by atoms with E-state index in [2.05, 4.69) is 140 Å². The Bertz CT molecular complexity index is 2990. The van der Waals surface area contributed by atoms with E-state index in [1.165, 1.54) is 60.6 Å². The average Bonchev–Trinajstić information content (AvgIpc) is 3.22. The van der Waals surface area contributed by atoms with Gasteiger partial charge < -0.3 is 5.41 Å². The van der Waals surface area contributed by atoms with E-state index in [-0.39, 0.29) is 0 Å². The van der Waals surface area contributed by atoms with Gasteiger partial charge in [-0.25, -0.2) is 4.98 Å². The summed E-state index contributed by atoms with van der Waals surface area (Å²) in [7, 11) is 0. The van der Waals surface area contributed by atoms with Crippen molar-refractivity contribution in [2.75, 3.05) is 0 Å². The Morgan fingerprint density at radius 3 is 2.15 bits per heavy atom. The number of allylic oxidation sites excluding steroid dienone is 2. The van der Waals surface area contributed by atoms with Gasteiger partial charge in [-0.3, -0.25) is 4.98 Å². The van der Waals surface area contributed by atoms with Crippen LogP contribution in [0.1, 0.15) is 23.1 Å². The lowest BCUT2D eigenvalue weighted by Gasteiger charge is -2.21. The fourth-order valence-electron chi connectivity index (χ4n) is 8.41. The summed E-state index contributed by atoms with van der Waals surface area (Å²) < 4.78 is 0. The summed E-state index contributed by atoms with van der Waals surface area (Å²) in [5.41, 5.74) is 12.5. The minimum absolute atomic E-state index is 0.936.